The number of nitrogens with zero attached hydrogens (tertiary/aromatic N) is 5. The van der Waals surface area contributed by atoms with Crippen LogP contribution in [0.5, 0.6) is 5.75 Å². The average Bonchev–Trinajstić information content (AvgIpc) is 2.84. The van der Waals surface area contributed by atoms with Gasteiger partial charge in [0.15, 0.2) is 0 Å². The van der Waals surface area contributed by atoms with E-state index in [9.17, 15) is 23.9 Å². The Bertz CT molecular complexity index is 1190. The molecule has 10 nitrogen and oxygen atoms in total. The molecule has 0 spiro atoms. The van der Waals surface area contributed by atoms with Gasteiger partial charge in [0.05, 0.1) is 24.2 Å². The van der Waals surface area contributed by atoms with Gasteiger partial charge in [-0.1, -0.05) is 12.1 Å². The molecule has 2 aliphatic heterocycles. The second-order valence-corrected chi connectivity index (χ2v) is 9.93. The van der Waals surface area contributed by atoms with Crippen LogP contribution >= 0.6 is 0 Å². The maximum atomic E-state index is 13.1. The largest absolute Gasteiger partial charge is 0.502 e. The molecular weight excluding hydrogens is 467 g/mol. The summed E-state index contributed by atoms with van der Waals surface area (Å²) in [5, 5.41) is 13.2. The first-order valence-electron chi connectivity index (χ1n) is 12.1. The van der Waals surface area contributed by atoms with Crippen LogP contribution in [0.3, 0.4) is 0 Å². The lowest BCUT2D eigenvalue weighted by molar-refractivity contribution is -0.136. The maximum Gasteiger partial charge on any atom is 0.296 e. The minimum Gasteiger partial charge on any atom is -0.502 e. The molecule has 0 atom stereocenters. The highest BCUT2D eigenvalue weighted by molar-refractivity contribution is 5.79. The SMILES string of the molecule is CN1CCN(C(=O)CN2CCn3c(nc(CC(=O)NCc4ccc(F)cc4)c(O)c3=O)C2(C)C)CC1. The van der Waals surface area contributed by atoms with Crippen molar-refractivity contribution in [2.45, 2.75) is 38.9 Å². The monoisotopic (exact) mass is 500 g/mol. The van der Waals surface area contributed by atoms with Gasteiger partial charge < -0.3 is 20.2 Å². The number of carbonyl (C=O) groups excluding carboxylic acids is 2. The zero-order chi connectivity index (χ0) is 26.0. The second-order valence-electron chi connectivity index (χ2n) is 9.93. The van der Waals surface area contributed by atoms with Crippen LogP contribution in [0.4, 0.5) is 4.39 Å². The van der Waals surface area contributed by atoms with Crippen molar-refractivity contribution in [3.05, 3.63) is 57.5 Å². The molecule has 1 fully saturated rings. The molecule has 2 aromatic rings. The molecule has 0 aliphatic carbocycles. The molecule has 1 aromatic heterocycles. The fourth-order valence-corrected chi connectivity index (χ4v) is 4.64. The van der Waals surface area contributed by atoms with Crippen molar-refractivity contribution < 1.29 is 19.1 Å². The summed E-state index contributed by atoms with van der Waals surface area (Å²) in [6.45, 7) is 7.92. The summed E-state index contributed by atoms with van der Waals surface area (Å²) in [6.07, 6.45) is -0.285. The molecule has 1 saturated heterocycles. The molecule has 0 radical (unpaired) electrons. The van der Waals surface area contributed by atoms with E-state index in [4.69, 9.17) is 0 Å². The Morgan fingerprint density at radius 2 is 1.75 bits per heavy atom. The molecule has 2 amide bonds. The Kier molecular flexibility index (Phi) is 7.41. The fraction of sp³-hybridized carbons (Fsp3) is 0.520. The van der Waals surface area contributed by atoms with Crippen molar-refractivity contribution in [1.82, 2.24) is 29.6 Å². The lowest BCUT2D eigenvalue weighted by Crippen LogP contribution is -2.57. The third-order valence-corrected chi connectivity index (χ3v) is 7.06. The number of rotatable bonds is 6. The highest BCUT2D eigenvalue weighted by Gasteiger charge is 2.39. The Morgan fingerprint density at radius 3 is 2.42 bits per heavy atom. The van der Waals surface area contributed by atoms with E-state index in [-0.39, 0.29) is 43.5 Å². The summed E-state index contributed by atoms with van der Waals surface area (Å²) in [5.74, 6) is -0.901. The number of aromatic hydroxyl groups is 1. The van der Waals surface area contributed by atoms with Crippen molar-refractivity contribution in [1.29, 1.82) is 0 Å². The standard InChI is InChI=1S/C25H33FN6O4/c1-25(2)24-28-19(14-20(33)27-15-17-4-6-18(26)7-5-17)22(35)23(36)32(24)13-12-31(25)16-21(34)30-10-8-29(3)9-11-30/h4-7,35H,8-16H2,1-3H3,(H,27,33). The molecule has 0 bridgehead atoms. The average molecular weight is 501 g/mol. The van der Waals surface area contributed by atoms with Crippen LogP contribution in [0.15, 0.2) is 29.1 Å². The first kappa shape index (κ1) is 25.8. The van der Waals surface area contributed by atoms with Crippen molar-refractivity contribution >= 4 is 11.8 Å². The van der Waals surface area contributed by atoms with Crippen molar-refractivity contribution in [2.24, 2.45) is 0 Å². The predicted molar refractivity (Wildman–Crippen MR) is 131 cm³/mol. The van der Waals surface area contributed by atoms with Gasteiger partial charge >= 0.3 is 0 Å². The highest BCUT2D eigenvalue weighted by atomic mass is 19.1. The minimum atomic E-state index is -0.771. The minimum absolute atomic E-state index is 0.0109. The summed E-state index contributed by atoms with van der Waals surface area (Å²) in [7, 11) is 2.03. The van der Waals surface area contributed by atoms with E-state index >= 15 is 0 Å². The Balaban J connectivity index is 1.48. The summed E-state index contributed by atoms with van der Waals surface area (Å²) >= 11 is 0. The van der Waals surface area contributed by atoms with Crippen molar-refractivity contribution in [3.8, 4) is 5.75 Å². The van der Waals surface area contributed by atoms with Gasteiger partial charge in [-0.25, -0.2) is 9.37 Å². The van der Waals surface area contributed by atoms with Crippen molar-refractivity contribution in [3.63, 3.8) is 0 Å². The first-order valence-corrected chi connectivity index (χ1v) is 12.1. The number of likely N-dealkylation sites (N-methyl/N-ethyl adjacent to an activating group) is 1. The van der Waals surface area contributed by atoms with E-state index < -0.39 is 22.8 Å². The molecule has 0 saturated carbocycles. The summed E-state index contributed by atoms with van der Waals surface area (Å²) in [5.41, 5.74) is -0.663. The number of aromatic nitrogens is 2. The molecule has 2 N–H and O–H groups in total. The Labute approximate surface area is 209 Å². The van der Waals surface area contributed by atoms with Crippen molar-refractivity contribution in [2.75, 3.05) is 46.3 Å². The quantitative estimate of drug-likeness (QED) is 0.586. The molecule has 4 rings (SSSR count). The maximum absolute atomic E-state index is 13.1. The summed E-state index contributed by atoms with van der Waals surface area (Å²) in [4.78, 5) is 49.0. The second kappa shape index (κ2) is 10.4. The van der Waals surface area contributed by atoms with Gasteiger partial charge in [-0.3, -0.25) is 23.9 Å². The topological polar surface area (TPSA) is 111 Å². The van der Waals surface area contributed by atoms with Crippen LogP contribution in [0.2, 0.25) is 0 Å². The van der Waals surface area contributed by atoms with Gasteiger partial charge in [0, 0.05) is 45.8 Å². The Morgan fingerprint density at radius 1 is 1.08 bits per heavy atom. The smallest absolute Gasteiger partial charge is 0.296 e. The molecule has 11 heteroatoms. The van der Waals surface area contributed by atoms with Crippen LogP contribution < -0.4 is 10.9 Å². The summed E-state index contributed by atoms with van der Waals surface area (Å²) in [6, 6.07) is 5.75. The number of halogens is 1. The highest BCUT2D eigenvalue weighted by Crippen LogP contribution is 2.30. The molecule has 3 heterocycles. The number of nitrogens with one attached hydrogen (secondary N) is 1. The van der Waals surface area contributed by atoms with Gasteiger partial charge in [0.1, 0.15) is 11.6 Å². The van der Waals surface area contributed by atoms with E-state index in [0.717, 1.165) is 13.1 Å². The van der Waals surface area contributed by atoms with E-state index in [1.54, 1.807) is 12.1 Å². The number of carbonyl (C=O) groups is 2. The van der Waals surface area contributed by atoms with E-state index in [1.807, 2.05) is 30.7 Å². The number of hydrogen-bond acceptors (Lipinski definition) is 7. The summed E-state index contributed by atoms with van der Waals surface area (Å²) < 4.78 is 14.5. The molecule has 194 valence electrons. The zero-order valence-corrected chi connectivity index (χ0v) is 21.0. The van der Waals surface area contributed by atoms with Crippen LogP contribution in [0.25, 0.3) is 0 Å². The molecule has 0 unspecified atom stereocenters. The fourth-order valence-electron chi connectivity index (χ4n) is 4.64. The number of fused-ring (bicyclic) bond motifs is 1. The lowest BCUT2D eigenvalue weighted by Gasteiger charge is -2.44. The van der Waals surface area contributed by atoms with Gasteiger partial charge in [0.25, 0.3) is 5.56 Å². The van der Waals surface area contributed by atoms with Gasteiger partial charge in [-0.15, -0.1) is 0 Å². The van der Waals surface area contributed by atoms with Crippen LogP contribution in [0, 0.1) is 5.82 Å². The van der Waals surface area contributed by atoms with Crippen LogP contribution in [-0.4, -0.2) is 87.5 Å². The van der Waals surface area contributed by atoms with Crippen LogP contribution in [-0.2, 0) is 34.6 Å². The van der Waals surface area contributed by atoms with E-state index in [0.29, 0.717) is 31.0 Å². The van der Waals surface area contributed by atoms with Gasteiger partial charge in [-0.2, -0.15) is 0 Å². The number of benzene rings is 1. The van der Waals surface area contributed by atoms with Crippen LogP contribution in [0.1, 0.15) is 30.9 Å². The van der Waals surface area contributed by atoms with Gasteiger partial charge in [0.2, 0.25) is 17.6 Å². The van der Waals surface area contributed by atoms with E-state index in [1.165, 1.54) is 16.7 Å². The number of amides is 2. The Hall–Kier alpha value is -3.31. The third-order valence-electron chi connectivity index (χ3n) is 7.06. The molecule has 2 aliphatic rings. The first-order chi connectivity index (χ1) is 17.1. The number of hydrogen-bond donors (Lipinski definition) is 2. The number of piperazine rings is 1. The molecule has 36 heavy (non-hydrogen) atoms. The van der Waals surface area contributed by atoms with Gasteiger partial charge in [-0.05, 0) is 38.6 Å². The zero-order valence-electron chi connectivity index (χ0n) is 21.0. The third kappa shape index (κ3) is 5.41. The predicted octanol–water partition coefficient (Wildman–Crippen LogP) is 0.272. The lowest BCUT2D eigenvalue weighted by atomic mass is 9.97. The van der Waals surface area contributed by atoms with E-state index in [2.05, 4.69) is 15.2 Å². The molecule has 1 aromatic carbocycles. The molecular formula is C25H33FN6O4. The normalized spacial score (nSPS) is 18.1.